The Morgan fingerprint density at radius 2 is 1.97 bits per heavy atom. The number of aliphatic hydroxyl groups is 2. The Balaban J connectivity index is 1.45. The largest absolute Gasteiger partial charge is 0.454 e. The maximum atomic E-state index is 13.4. The van der Waals surface area contributed by atoms with E-state index in [1.807, 2.05) is 17.5 Å². The molecular formula is C22H34NO5S+. The molecule has 3 saturated heterocycles. The Bertz CT molecular complexity index is 667. The van der Waals surface area contributed by atoms with Crippen molar-refractivity contribution in [3.63, 3.8) is 0 Å². The lowest BCUT2D eigenvalue weighted by molar-refractivity contribution is -0.946. The van der Waals surface area contributed by atoms with Crippen molar-refractivity contribution in [2.45, 2.75) is 50.2 Å². The Morgan fingerprint density at radius 1 is 1.21 bits per heavy atom. The fourth-order valence-corrected chi connectivity index (χ4v) is 6.52. The van der Waals surface area contributed by atoms with Crippen LogP contribution in [-0.2, 0) is 19.9 Å². The number of ether oxygens (including phenoxy) is 2. The minimum atomic E-state index is -1.51. The first kappa shape index (κ1) is 21.2. The Hall–Kier alpha value is -0.990. The third-order valence-electron chi connectivity index (χ3n) is 7.40. The van der Waals surface area contributed by atoms with Crippen LogP contribution in [0.3, 0.4) is 0 Å². The molecule has 0 radical (unpaired) electrons. The van der Waals surface area contributed by atoms with Crippen LogP contribution in [-0.4, -0.2) is 72.8 Å². The summed E-state index contributed by atoms with van der Waals surface area (Å²) in [6.45, 7) is 4.93. The molecule has 29 heavy (non-hydrogen) atoms. The van der Waals surface area contributed by atoms with E-state index in [0.29, 0.717) is 19.1 Å². The lowest BCUT2D eigenvalue weighted by atomic mass is 9.82. The number of thiophene rings is 1. The second-order valence-electron chi connectivity index (χ2n) is 9.04. The number of quaternary nitrogens is 1. The number of hydrogen-bond donors (Lipinski definition) is 2. The minimum Gasteiger partial charge on any atom is -0.454 e. The molecule has 162 valence electrons. The van der Waals surface area contributed by atoms with Gasteiger partial charge in [0.05, 0.1) is 32.9 Å². The average Bonchev–Trinajstić information content (AvgIpc) is 3.46. The normalized spacial score (nSPS) is 31.7. The monoisotopic (exact) mass is 424 g/mol. The zero-order valence-corrected chi connectivity index (χ0v) is 17.9. The fraction of sp³-hybridized carbons (Fsp3) is 0.773. The first-order valence-electron chi connectivity index (χ1n) is 11.1. The van der Waals surface area contributed by atoms with E-state index in [2.05, 4.69) is 0 Å². The van der Waals surface area contributed by atoms with Crippen molar-refractivity contribution in [2.24, 2.45) is 11.8 Å². The average molecular weight is 425 g/mol. The summed E-state index contributed by atoms with van der Waals surface area (Å²) in [7, 11) is 0. The molecule has 1 aromatic rings. The van der Waals surface area contributed by atoms with Crippen molar-refractivity contribution in [1.82, 2.24) is 0 Å². The predicted molar refractivity (Wildman–Crippen MR) is 110 cm³/mol. The second-order valence-corrected chi connectivity index (χ2v) is 9.98. The van der Waals surface area contributed by atoms with Crippen molar-refractivity contribution >= 4 is 17.3 Å². The summed E-state index contributed by atoms with van der Waals surface area (Å²) < 4.78 is 12.5. The molecule has 0 unspecified atom stereocenters. The van der Waals surface area contributed by atoms with E-state index >= 15 is 0 Å². The van der Waals surface area contributed by atoms with Crippen LogP contribution >= 0.6 is 11.3 Å². The predicted octanol–water partition coefficient (Wildman–Crippen LogP) is 2.29. The van der Waals surface area contributed by atoms with E-state index in [0.717, 1.165) is 74.1 Å². The molecule has 2 bridgehead atoms. The number of piperidine rings is 3. The lowest BCUT2D eigenvalue weighted by Gasteiger charge is -2.52. The van der Waals surface area contributed by atoms with Gasteiger partial charge in [-0.1, -0.05) is 18.9 Å². The summed E-state index contributed by atoms with van der Waals surface area (Å²) in [6, 6.07) is 3.77. The van der Waals surface area contributed by atoms with Crippen molar-refractivity contribution in [3.8, 4) is 0 Å². The molecule has 1 aromatic heterocycles. The molecule has 1 aliphatic carbocycles. The highest BCUT2D eigenvalue weighted by Crippen LogP contribution is 2.44. The van der Waals surface area contributed by atoms with Gasteiger partial charge in [0, 0.05) is 29.6 Å². The molecule has 4 fully saturated rings. The van der Waals surface area contributed by atoms with Crippen LogP contribution in [0.2, 0.25) is 0 Å². The molecule has 0 aromatic carbocycles. The van der Waals surface area contributed by atoms with Crippen molar-refractivity contribution in [3.05, 3.63) is 22.4 Å². The van der Waals surface area contributed by atoms with Crippen molar-refractivity contribution in [1.29, 1.82) is 0 Å². The molecule has 5 rings (SSSR count). The van der Waals surface area contributed by atoms with Crippen LogP contribution in [0.5, 0.6) is 0 Å². The lowest BCUT2D eigenvalue weighted by Crippen LogP contribution is -2.65. The van der Waals surface area contributed by atoms with Crippen LogP contribution in [0.15, 0.2) is 17.5 Å². The van der Waals surface area contributed by atoms with Gasteiger partial charge in [0.1, 0.15) is 13.1 Å². The summed E-state index contributed by atoms with van der Waals surface area (Å²) >= 11 is 1.45. The SMILES string of the molecule is O=C(O[C@@H]1C[N+]2(CCOCCO)CCC1CC2)[C@](O)(c1cccs1)C1CCCC1. The summed E-state index contributed by atoms with van der Waals surface area (Å²) in [5, 5.41) is 22.4. The van der Waals surface area contributed by atoms with Crippen LogP contribution in [0, 0.1) is 11.8 Å². The first-order chi connectivity index (χ1) is 14.1. The molecule has 1 saturated carbocycles. The number of esters is 1. The topological polar surface area (TPSA) is 76.0 Å². The highest BCUT2D eigenvalue weighted by atomic mass is 32.1. The number of carbonyl (C=O) groups is 1. The zero-order chi connectivity index (χ0) is 20.3. The molecule has 0 amide bonds. The van der Waals surface area contributed by atoms with Gasteiger partial charge in [-0.05, 0) is 24.3 Å². The van der Waals surface area contributed by atoms with Crippen LogP contribution in [0.4, 0.5) is 0 Å². The smallest absolute Gasteiger partial charge is 0.344 e. The van der Waals surface area contributed by atoms with Gasteiger partial charge in [0.2, 0.25) is 0 Å². The molecular weight excluding hydrogens is 390 g/mol. The van der Waals surface area contributed by atoms with Gasteiger partial charge in [-0.25, -0.2) is 4.79 Å². The molecule has 6 nitrogen and oxygen atoms in total. The Morgan fingerprint density at radius 3 is 2.62 bits per heavy atom. The third kappa shape index (κ3) is 4.26. The summed E-state index contributed by atoms with van der Waals surface area (Å²) in [5.41, 5.74) is -1.51. The number of aliphatic hydroxyl groups excluding tert-OH is 1. The highest BCUT2D eigenvalue weighted by Gasteiger charge is 2.53. The van der Waals surface area contributed by atoms with Gasteiger partial charge in [0.15, 0.2) is 11.7 Å². The summed E-state index contributed by atoms with van der Waals surface area (Å²) in [5.74, 6) is -0.0986. The van der Waals surface area contributed by atoms with Gasteiger partial charge >= 0.3 is 5.97 Å². The molecule has 0 spiro atoms. The molecule has 7 heteroatoms. The van der Waals surface area contributed by atoms with Gasteiger partial charge in [-0.15, -0.1) is 11.3 Å². The number of carbonyl (C=O) groups excluding carboxylic acids is 1. The molecule has 3 aliphatic heterocycles. The standard InChI is InChI=1S/C22H34NO5S/c24-12-14-27-13-11-23-9-7-17(8-10-23)19(16-23)28-21(25)22(26,18-4-1-2-5-18)20-6-3-15-29-20/h3,6,15,17-19,24,26H,1-2,4-5,7-14,16H2/q+1/t17?,19-,22-,23?/m1/s1. The number of rotatable bonds is 9. The maximum Gasteiger partial charge on any atom is 0.344 e. The van der Waals surface area contributed by atoms with Crippen LogP contribution in [0.1, 0.15) is 43.4 Å². The van der Waals surface area contributed by atoms with E-state index in [1.54, 1.807) is 0 Å². The summed E-state index contributed by atoms with van der Waals surface area (Å²) in [6.07, 6.45) is 5.85. The van der Waals surface area contributed by atoms with Gasteiger partial charge in [-0.3, -0.25) is 0 Å². The minimum absolute atomic E-state index is 0.0464. The van der Waals surface area contributed by atoms with E-state index < -0.39 is 11.6 Å². The number of nitrogens with zero attached hydrogens (tertiary/aromatic N) is 1. The number of fused-ring (bicyclic) bond motifs is 3. The third-order valence-corrected chi connectivity index (χ3v) is 8.39. The fourth-order valence-electron chi connectivity index (χ4n) is 5.63. The molecule has 2 atom stereocenters. The number of hydrogen-bond acceptors (Lipinski definition) is 6. The maximum absolute atomic E-state index is 13.4. The first-order valence-corrected chi connectivity index (χ1v) is 12.0. The Kier molecular flexibility index (Phi) is 6.61. The van der Waals surface area contributed by atoms with Gasteiger partial charge in [0.25, 0.3) is 0 Å². The van der Waals surface area contributed by atoms with E-state index in [9.17, 15) is 9.90 Å². The summed E-state index contributed by atoms with van der Waals surface area (Å²) in [4.78, 5) is 14.1. The van der Waals surface area contributed by atoms with Crippen molar-refractivity contribution in [2.75, 3.05) is 46.0 Å². The molecule has 2 N–H and O–H groups in total. The zero-order valence-electron chi connectivity index (χ0n) is 17.1. The van der Waals surface area contributed by atoms with Crippen LogP contribution < -0.4 is 0 Å². The van der Waals surface area contributed by atoms with E-state index in [-0.39, 0.29) is 18.6 Å². The molecule has 4 heterocycles. The van der Waals surface area contributed by atoms with E-state index in [4.69, 9.17) is 14.6 Å². The van der Waals surface area contributed by atoms with Crippen LogP contribution in [0.25, 0.3) is 0 Å². The van der Waals surface area contributed by atoms with Gasteiger partial charge < -0.3 is 24.2 Å². The second kappa shape index (κ2) is 9.02. The Labute approximate surface area is 177 Å². The van der Waals surface area contributed by atoms with Gasteiger partial charge in [-0.2, -0.15) is 0 Å². The molecule has 4 aliphatic rings. The highest BCUT2D eigenvalue weighted by molar-refractivity contribution is 7.10. The van der Waals surface area contributed by atoms with E-state index in [1.165, 1.54) is 11.3 Å². The quantitative estimate of drug-likeness (QED) is 0.361. The van der Waals surface area contributed by atoms with Crippen molar-refractivity contribution < 1.29 is 29.0 Å².